The van der Waals surface area contributed by atoms with Crippen molar-refractivity contribution in [3.05, 3.63) is 45.7 Å². The number of nitrogens with one attached hydrogen (secondary N) is 2. The van der Waals surface area contributed by atoms with Crippen LogP contribution in [0, 0.1) is 0 Å². The summed E-state index contributed by atoms with van der Waals surface area (Å²) in [5, 5.41) is 4.51. The van der Waals surface area contributed by atoms with Crippen LogP contribution in [-0.4, -0.2) is 18.1 Å². The van der Waals surface area contributed by atoms with Crippen molar-refractivity contribution < 1.29 is 0 Å². The Labute approximate surface area is 93.5 Å². The van der Waals surface area contributed by atoms with Crippen LogP contribution < -0.4 is 10.9 Å². The van der Waals surface area contributed by atoms with Crippen LogP contribution in [0.2, 0.25) is 0 Å². The lowest BCUT2D eigenvalue weighted by Crippen LogP contribution is -2.16. The van der Waals surface area contributed by atoms with Crippen LogP contribution in [0.3, 0.4) is 0 Å². The largest absolute Gasteiger partial charge is 0.322 e. The second-order valence-corrected chi connectivity index (χ2v) is 4.28. The molecule has 0 bridgehead atoms. The van der Waals surface area contributed by atoms with Crippen molar-refractivity contribution in [2.45, 2.75) is 12.8 Å². The van der Waals surface area contributed by atoms with Gasteiger partial charge in [0.05, 0.1) is 0 Å². The third kappa shape index (κ3) is 1.63. The van der Waals surface area contributed by atoms with Crippen LogP contribution >= 0.6 is 0 Å². The highest BCUT2D eigenvalue weighted by atomic mass is 16.1. The monoisotopic (exact) mass is 214 g/mol. The Morgan fingerprint density at radius 3 is 2.56 bits per heavy atom. The Bertz CT molecular complexity index is 586. The third-order valence-corrected chi connectivity index (χ3v) is 3.19. The van der Waals surface area contributed by atoms with Crippen molar-refractivity contribution in [3.8, 4) is 0 Å². The summed E-state index contributed by atoms with van der Waals surface area (Å²) in [7, 11) is 0. The van der Waals surface area contributed by atoms with E-state index in [0.717, 1.165) is 36.8 Å². The topological polar surface area (TPSA) is 44.9 Å². The molecule has 3 rings (SSSR count). The number of aromatic nitrogens is 1. The second-order valence-electron chi connectivity index (χ2n) is 4.28. The van der Waals surface area contributed by atoms with E-state index in [1.54, 1.807) is 6.07 Å². The molecule has 2 aromatic rings. The van der Waals surface area contributed by atoms with Gasteiger partial charge in [0, 0.05) is 11.6 Å². The summed E-state index contributed by atoms with van der Waals surface area (Å²) in [6, 6.07) is 7.81. The fourth-order valence-corrected chi connectivity index (χ4v) is 2.33. The minimum absolute atomic E-state index is 0.0285. The van der Waals surface area contributed by atoms with Gasteiger partial charge in [-0.3, -0.25) is 4.79 Å². The summed E-state index contributed by atoms with van der Waals surface area (Å²) in [5.41, 5.74) is 3.69. The normalized spacial score (nSPS) is 15.8. The van der Waals surface area contributed by atoms with Gasteiger partial charge in [0.15, 0.2) is 0 Å². The van der Waals surface area contributed by atoms with Gasteiger partial charge in [-0.05, 0) is 60.6 Å². The number of benzene rings is 1. The highest BCUT2D eigenvalue weighted by Crippen LogP contribution is 2.19. The zero-order chi connectivity index (χ0) is 11.0. The van der Waals surface area contributed by atoms with E-state index < -0.39 is 0 Å². The van der Waals surface area contributed by atoms with Crippen molar-refractivity contribution in [2.24, 2.45) is 0 Å². The number of hydrogen-bond donors (Lipinski definition) is 2. The van der Waals surface area contributed by atoms with E-state index in [9.17, 15) is 4.79 Å². The quantitative estimate of drug-likeness (QED) is 0.692. The van der Waals surface area contributed by atoms with Gasteiger partial charge in [0.2, 0.25) is 5.56 Å². The van der Waals surface area contributed by atoms with Gasteiger partial charge in [-0.2, -0.15) is 0 Å². The maximum atomic E-state index is 11.3. The van der Waals surface area contributed by atoms with E-state index in [0.29, 0.717) is 0 Å². The molecule has 2 heterocycles. The predicted molar refractivity (Wildman–Crippen MR) is 64.8 cm³/mol. The van der Waals surface area contributed by atoms with Gasteiger partial charge in [-0.25, -0.2) is 0 Å². The molecule has 0 spiro atoms. The first-order valence-corrected chi connectivity index (χ1v) is 5.68. The lowest BCUT2D eigenvalue weighted by Gasteiger charge is -2.07. The highest BCUT2D eigenvalue weighted by Gasteiger charge is 2.08. The van der Waals surface area contributed by atoms with Crippen LogP contribution in [0.4, 0.5) is 0 Å². The van der Waals surface area contributed by atoms with Gasteiger partial charge < -0.3 is 10.3 Å². The third-order valence-electron chi connectivity index (χ3n) is 3.19. The van der Waals surface area contributed by atoms with Crippen LogP contribution in [-0.2, 0) is 12.8 Å². The molecular formula is C13H14N2O. The fourth-order valence-electron chi connectivity index (χ4n) is 2.33. The highest BCUT2D eigenvalue weighted by molar-refractivity contribution is 5.80. The molecule has 0 radical (unpaired) electrons. The molecule has 3 nitrogen and oxygen atoms in total. The SMILES string of the molecule is O=c1ccc2cc3c(cc2[nH]1)CCNCC3. The lowest BCUT2D eigenvalue weighted by molar-refractivity contribution is 0.711. The van der Waals surface area contributed by atoms with E-state index in [2.05, 4.69) is 22.4 Å². The Hall–Kier alpha value is -1.61. The maximum Gasteiger partial charge on any atom is 0.248 e. The Balaban J connectivity index is 2.24. The molecular weight excluding hydrogens is 200 g/mol. The van der Waals surface area contributed by atoms with Crippen LogP contribution in [0.5, 0.6) is 0 Å². The average molecular weight is 214 g/mol. The van der Waals surface area contributed by atoms with Crippen molar-refractivity contribution in [1.29, 1.82) is 0 Å². The summed E-state index contributed by atoms with van der Waals surface area (Å²) in [6.45, 7) is 2.07. The van der Waals surface area contributed by atoms with Gasteiger partial charge in [-0.15, -0.1) is 0 Å². The number of rotatable bonds is 0. The molecule has 0 atom stereocenters. The summed E-state index contributed by atoms with van der Waals surface area (Å²) in [6.07, 6.45) is 2.12. The van der Waals surface area contributed by atoms with Gasteiger partial charge >= 0.3 is 0 Å². The fraction of sp³-hybridized carbons (Fsp3) is 0.308. The summed E-state index contributed by atoms with van der Waals surface area (Å²) in [5.74, 6) is 0. The maximum absolute atomic E-state index is 11.3. The zero-order valence-electron chi connectivity index (χ0n) is 9.05. The lowest BCUT2D eigenvalue weighted by atomic mass is 10.0. The molecule has 0 aliphatic carbocycles. The molecule has 0 saturated heterocycles. The number of pyridine rings is 1. The minimum atomic E-state index is -0.0285. The summed E-state index contributed by atoms with van der Waals surface area (Å²) < 4.78 is 0. The molecule has 0 saturated carbocycles. The first-order chi connectivity index (χ1) is 7.83. The number of hydrogen-bond acceptors (Lipinski definition) is 2. The molecule has 1 aromatic carbocycles. The van der Waals surface area contributed by atoms with E-state index in [1.807, 2.05) is 6.07 Å². The Morgan fingerprint density at radius 2 is 1.75 bits per heavy atom. The minimum Gasteiger partial charge on any atom is -0.322 e. The standard InChI is InChI=1S/C13H14N2O/c16-13-2-1-11-7-9-3-5-14-6-4-10(9)8-12(11)15-13/h1-2,7-8,14H,3-6H2,(H,15,16). The van der Waals surface area contributed by atoms with E-state index >= 15 is 0 Å². The second kappa shape index (κ2) is 3.76. The van der Waals surface area contributed by atoms with Crippen molar-refractivity contribution >= 4 is 10.9 Å². The van der Waals surface area contributed by atoms with Crippen molar-refractivity contribution in [2.75, 3.05) is 13.1 Å². The zero-order valence-corrected chi connectivity index (χ0v) is 9.05. The van der Waals surface area contributed by atoms with Crippen LogP contribution in [0.15, 0.2) is 29.1 Å². The molecule has 3 heteroatoms. The van der Waals surface area contributed by atoms with Crippen molar-refractivity contribution in [3.63, 3.8) is 0 Å². The number of H-pyrrole nitrogens is 1. The molecule has 2 N–H and O–H groups in total. The number of fused-ring (bicyclic) bond motifs is 2. The molecule has 0 fully saturated rings. The van der Waals surface area contributed by atoms with Gasteiger partial charge in [0.1, 0.15) is 0 Å². The Kier molecular flexibility index (Phi) is 2.26. The van der Waals surface area contributed by atoms with E-state index in [-0.39, 0.29) is 5.56 Å². The first-order valence-electron chi connectivity index (χ1n) is 5.68. The molecule has 0 unspecified atom stereocenters. The predicted octanol–water partition coefficient (Wildman–Crippen LogP) is 1.22. The van der Waals surface area contributed by atoms with E-state index in [1.165, 1.54) is 11.1 Å². The first kappa shape index (κ1) is 9.60. The van der Waals surface area contributed by atoms with Gasteiger partial charge in [-0.1, -0.05) is 0 Å². The molecule has 16 heavy (non-hydrogen) atoms. The average Bonchev–Trinajstić information content (AvgIpc) is 2.50. The molecule has 82 valence electrons. The number of aromatic amines is 1. The van der Waals surface area contributed by atoms with Crippen LogP contribution in [0.25, 0.3) is 10.9 Å². The summed E-state index contributed by atoms with van der Waals surface area (Å²) >= 11 is 0. The smallest absolute Gasteiger partial charge is 0.248 e. The molecule has 1 aromatic heterocycles. The molecule has 0 amide bonds. The molecule has 1 aliphatic rings. The molecule has 1 aliphatic heterocycles. The van der Waals surface area contributed by atoms with Gasteiger partial charge in [0.25, 0.3) is 0 Å². The van der Waals surface area contributed by atoms with Crippen molar-refractivity contribution in [1.82, 2.24) is 10.3 Å². The Morgan fingerprint density at radius 1 is 1.00 bits per heavy atom. The van der Waals surface area contributed by atoms with E-state index in [4.69, 9.17) is 0 Å². The summed E-state index contributed by atoms with van der Waals surface area (Å²) in [4.78, 5) is 14.1. The van der Waals surface area contributed by atoms with Crippen LogP contribution in [0.1, 0.15) is 11.1 Å².